The van der Waals surface area contributed by atoms with Gasteiger partial charge in [-0.2, -0.15) is 13.2 Å². The van der Waals surface area contributed by atoms with Gasteiger partial charge in [0.25, 0.3) is 0 Å². The lowest BCUT2D eigenvalue weighted by Crippen LogP contribution is -2.29. The molecule has 0 radical (unpaired) electrons. The molecule has 0 atom stereocenters. The van der Waals surface area contributed by atoms with Gasteiger partial charge < -0.3 is 4.74 Å². The molecular formula is C31H42F4O. The molecular weight excluding hydrogens is 464 g/mol. The molecule has 0 aromatic heterocycles. The molecule has 36 heavy (non-hydrogen) atoms. The Morgan fingerprint density at radius 2 is 1.28 bits per heavy atom. The number of benzene rings is 1. The summed E-state index contributed by atoms with van der Waals surface area (Å²) in [5, 5.41) is 0. The van der Waals surface area contributed by atoms with Crippen LogP contribution in [0.15, 0.2) is 30.9 Å². The van der Waals surface area contributed by atoms with Crippen LogP contribution in [0.25, 0.3) is 6.08 Å². The van der Waals surface area contributed by atoms with Crippen LogP contribution in [0.4, 0.5) is 17.6 Å². The molecule has 0 N–H and O–H groups in total. The van der Waals surface area contributed by atoms with E-state index in [1.54, 1.807) is 6.92 Å². The van der Waals surface area contributed by atoms with E-state index in [4.69, 9.17) is 4.74 Å². The highest BCUT2D eigenvalue weighted by atomic mass is 19.4. The standard InChI is InChI=1S/C31H42F4O/c1-3-21-5-10-23(11-6-21)25-15-17-26(18-16-25)24-12-7-22(8-13-24)9-14-27-19-20-28(36-4-2)30(32)29(27)31(33,34)35/h3,9,14,19-26H,1,4-8,10-13,15-18H2,2H3. The Morgan fingerprint density at radius 1 is 0.806 bits per heavy atom. The Hall–Kier alpha value is -1.78. The molecule has 1 aromatic carbocycles. The lowest BCUT2D eigenvalue weighted by Gasteiger charge is -2.41. The molecule has 3 fully saturated rings. The highest BCUT2D eigenvalue weighted by molar-refractivity contribution is 5.57. The summed E-state index contributed by atoms with van der Waals surface area (Å²) in [6.45, 7) is 5.71. The van der Waals surface area contributed by atoms with Gasteiger partial charge in [-0.25, -0.2) is 4.39 Å². The lowest BCUT2D eigenvalue weighted by atomic mass is 9.65. The Kier molecular flexibility index (Phi) is 9.22. The van der Waals surface area contributed by atoms with Gasteiger partial charge in [-0.05, 0) is 131 Å². The van der Waals surface area contributed by atoms with Gasteiger partial charge in [0.15, 0.2) is 11.6 Å². The summed E-state index contributed by atoms with van der Waals surface area (Å²) in [5.41, 5.74) is -1.35. The van der Waals surface area contributed by atoms with Gasteiger partial charge in [0.2, 0.25) is 0 Å². The molecule has 3 saturated carbocycles. The van der Waals surface area contributed by atoms with Crippen molar-refractivity contribution < 1.29 is 22.3 Å². The van der Waals surface area contributed by atoms with Crippen molar-refractivity contribution in [1.29, 1.82) is 0 Å². The number of halogens is 4. The van der Waals surface area contributed by atoms with E-state index in [-0.39, 0.29) is 23.8 Å². The summed E-state index contributed by atoms with van der Waals surface area (Å²) < 4.78 is 60.4. The molecule has 0 spiro atoms. The topological polar surface area (TPSA) is 9.23 Å². The van der Waals surface area contributed by atoms with Gasteiger partial charge in [0, 0.05) is 0 Å². The molecule has 0 bridgehead atoms. The maximum atomic E-state index is 14.5. The molecule has 1 aromatic rings. The van der Waals surface area contributed by atoms with Crippen LogP contribution in [0.3, 0.4) is 0 Å². The summed E-state index contributed by atoms with van der Waals surface area (Å²) in [4.78, 5) is 0. The van der Waals surface area contributed by atoms with Crippen LogP contribution >= 0.6 is 0 Å². The first-order valence-corrected chi connectivity index (χ1v) is 14.1. The number of alkyl halides is 3. The monoisotopic (exact) mass is 506 g/mol. The fraction of sp³-hybridized carbons (Fsp3) is 0.677. The average molecular weight is 507 g/mol. The van der Waals surface area contributed by atoms with Crippen molar-refractivity contribution in [3.05, 3.63) is 47.8 Å². The molecule has 0 saturated heterocycles. The number of hydrogen-bond acceptors (Lipinski definition) is 1. The summed E-state index contributed by atoms with van der Waals surface area (Å²) in [6, 6.07) is 2.62. The summed E-state index contributed by atoms with van der Waals surface area (Å²) in [5.74, 6) is 2.71. The summed E-state index contributed by atoms with van der Waals surface area (Å²) >= 11 is 0. The normalized spacial score (nSPS) is 31.9. The second kappa shape index (κ2) is 12.2. The van der Waals surface area contributed by atoms with Gasteiger partial charge in [-0.1, -0.05) is 24.3 Å². The fourth-order valence-electron chi connectivity index (χ4n) is 7.25. The molecule has 4 rings (SSSR count). The maximum absolute atomic E-state index is 14.5. The Morgan fingerprint density at radius 3 is 1.72 bits per heavy atom. The minimum atomic E-state index is -4.77. The van der Waals surface area contributed by atoms with Crippen LogP contribution in [0.2, 0.25) is 0 Å². The van der Waals surface area contributed by atoms with E-state index < -0.39 is 17.6 Å². The Labute approximate surface area is 214 Å². The number of hydrogen-bond donors (Lipinski definition) is 0. The first-order chi connectivity index (χ1) is 17.3. The van der Waals surface area contributed by atoms with Crippen LogP contribution < -0.4 is 4.74 Å². The van der Waals surface area contributed by atoms with E-state index in [1.807, 2.05) is 6.08 Å². The number of rotatable bonds is 7. The van der Waals surface area contributed by atoms with Crippen molar-refractivity contribution in [2.45, 2.75) is 90.1 Å². The van der Waals surface area contributed by atoms with E-state index >= 15 is 0 Å². The van der Waals surface area contributed by atoms with E-state index in [1.165, 1.54) is 69.6 Å². The maximum Gasteiger partial charge on any atom is 0.419 e. The first-order valence-electron chi connectivity index (χ1n) is 14.1. The second-order valence-corrected chi connectivity index (χ2v) is 11.4. The van der Waals surface area contributed by atoms with Crippen molar-refractivity contribution in [2.24, 2.45) is 35.5 Å². The molecule has 3 aliphatic carbocycles. The largest absolute Gasteiger partial charge is 0.491 e. The Balaban J connectivity index is 1.28. The minimum Gasteiger partial charge on any atom is -0.491 e. The van der Waals surface area contributed by atoms with Crippen molar-refractivity contribution in [1.82, 2.24) is 0 Å². The molecule has 0 aliphatic heterocycles. The summed E-state index contributed by atoms with van der Waals surface area (Å²) in [6.07, 6.45) is 15.9. The highest BCUT2D eigenvalue weighted by Gasteiger charge is 2.38. The van der Waals surface area contributed by atoms with Crippen molar-refractivity contribution in [2.75, 3.05) is 6.61 Å². The van der Waals surface area contributed by atoms with Crippen LogP contribution in [0.1, 0.15) is 95.1 Å². The quantitative estimate of drug-likeness (QED) is 0.264. The zero-order valence-corrected chi connectivity index (χ0v) is 21.7. The van der Waals surface area contributed by atoms with Crippen molar-refractivity contribution in [3.63, 3.8) is 0 Å². The highest BCUT2D eigenvalue weighted by Crippen LogP contribution is 2.46. The number of allylic oxidation sites excluding steroid dienone is 2. The second-order valence-electron chi connectivity index (χ2n) is 11.4. The van der Waals surface area contributed by atoms with Crippen LogP contribution in [-0.2, 0) is 6.18 Å². The van der Waals surface area contributed by atoms with Crippen LogP contribution in [-0.4, -0.2) is 6.61 Å². The van der Waals surface area contributed by atoms with Crippen molar-refractivity contribution >= 4 is 6.08 Å². The average Bonchev–Trinajstić information content (AvgIpc) is 2.88. The van der Waals surface area contributed by atoms with E-state index in [2.05, 4.69) is 12.7 Å². The molecule has 5 heteroatoms. The van der Waals surface area contributed by atoms with Gasteiger partial charge in [-0.15, -0.1) is 6.58 Å². The Bertz CT molecular complexity index is 881. The summed E-state index contributed by atoms with van der Waals surface area (Å²) in [7, 11) is 0. The molecule has 1 nitrogen and oxygen atoms in total. The lowest BCUT2D eigenvalue weighted by molar-refractivity contribution is -0.140. The minimum absolute atomic E-state index is 0.116. The molecule has 200 valence electrons. The predicted octanol–water partition coefficient (Wildman–Crippen LogP) is 9.86. The van der Waals surface area contributed by atoms with E-state index in [0.717, 1.165) is 55.3 Å². The van der Waals surface area contributed by atoms with Gasteiger partial charge in [0.05, 0.1) is 6.61 Å². The first kappa shape index (κ1) is 27.3. The predicted molar refractivity (Wildman–Crippen MR) is 138 cm³/mol. The van der Waals surface area contributed by atoms with Gasteiger partial charge in [-0.3, -0.25) is 0 Å². The van der Waals surface area contributed by atoms with Gasteiger partial charge >= 0.3 is 6.18 Å². The molecule has 0 unspecified atom stereocenters. The third-order valence-electron chi connectivity index (χ3n) is 9.39. The zero-order valence-electron chi connectivity index (χ0n) is 21.7. The number of ether oxygens (including phenoxy) is 1. The third-order valence-corrected chi connectivity index (χ3v) is 9.39. The van der Waals surface area contributed by atoms with Gasteiger partial charge in [0.1, 0.15) is 5.56 Å². The third kappa shape index (κ3) is 6.55. The fourth-order valence-corrected chi connectivity index (χ4v) is 7.25. The molecule has 0 heterocycles. The zero-order chi connectivity index (χ0) is 25.7. The van der Waals surface area contributed by atoms with Crippen molar-refractivity contribution in [3.8, 4) is 5.75 Å². The SMILES string of the molecule is C=CC1CCC(C2CCC(C3CCC(C=Cc4ccc(OCC)c(F)c4C(F)(F)F)CC3)CC2)CC1. The molecule has 3 aliphatic rings. The van der Waals surface area contributed by atoms with E-state index in [9.17, 15) is 17.6 Å². The molecule has 0 amide bonds. The van der Waals surface area contributed by atoms with Crippen LogP contribution in [0, 0.1) is 41.3 Å². The van der Waals surface area contributed by atoms with E-state index in [0.29, 0.717) is 0 Å². The smallest absolute Gasteiger partial charge is 0.419 e. The van der Waals surface area contributed by atoms with Crippen LogP contribution in [0.5, 0.6) is 5.75 Å².